The standard InChI is InChI=1S/C19H14F3N3O4/c20-13-4-3-12(18(21)19(13)22)14-8-11(27-24-14)9-23-17(26)6-2-10-1-5-15-16(7-10)29-25-28-15/h1,3-5,7-8,25H,2,6,9H2,(H,23,26). The number of nitrogens with zero attached hydrogens (tertiary/aromatic N) is 1. The number of amides is 1. The molecule has 7 nitrogen and oxygen atoms in total. The molecule has 0 atom stereocenters. The summed E-state index contributed by atoms with van der Waals surface area (Å²) >= 11 is 0. The van der Waals surface area contributed by atoms with Gasteiger partial charge in [-0.3, -0.25) is 4.79 Å². The second-order valence-corrected chi connectivity index (χ2v) is 6.25. The zero-order valence-corrected chi connectivity index (χ0v) is 14.8. The third-order valence-corrected chi connectivity index (χ3v) is 4.28. The quantitative estimate of drug-likeness (QED) is 0.613. The number of fused-ring (bicyclic) bond motifs is 1. The van der Waals surface area contributed by atoms with Gasteiger partial charge in [0, 0.05) is 23.7 Å². The van der Waals surface area contributed by atoms with E-state index in [1.54, 1.807) is 12.1 Å². The minimum atomic E-state index is -1.58. The van der Waals surface area contributed by atoms with E-state index in [0.29, 0.717) is 17.9 Å². The SMILES string of the molecule is O=C(CCc1ccc2c(c1)ONO2)NCc1cc(-c2ccc(F)c(F)c2F)no1. The zero-order valence-electron chi connectivity index (χ0n) is 14.8. The number of hydrogen-bond acceptors (Lipinski definition) is 6. The van der Waals surface area contributed by atoms with Gasteiger partial charge in [0.05, 0.1) is 6.54 Å². The Bertz CT molecular complexity index is 1070. The molecule has 10 heteroatoms. The van der Waals surface area contributed by atoms with Crippen LogP contribution >= 0.6 is 0 Å². The summed E-state index contributed by atoms with van der Waals surface area (Å²) in [7, 11) is 0. The van der Waals surface area contributed by atoms with Crippen LogP contribution in [0, 0.1) is 17.5 Å². The predicted molar refractivity (Wildman–Crippen MR) is 92.8 cm³/mol. The maximum atomic E-state index is 13.8. The fourth-order valence-electron chi connectivity index (χ4n) is 2.76. The number of aryl methyl sites for hydroxylation is 1. The van der Waals surface area contributed by atoms with Gasteiger partial charge in [0.2, 0.25) is 5.91 Å². The van der Waals surface area contributed by atoms with Gasteiger partial charge in [-0.15, -0.1) is 0 Å². The summed E-state index contributed by atoms with van der Waals surface area (Å²) < 4.78 is 45.2. The number of hydrogen-bond donors (Lipinski definition) is 2. The summed E-state index contributed by atoms with van der Waals surface area (Å²) in [5, 5.41) is 6.29. The molecule has 2 N–H and O–H groups in total. The fraction of sp³-hybridized carbons (Fsp3) is 0.158. The maximum Gasteiger partial charge on any atom is 0.220 e. The Morgan fingerprint density at radius 2 is 1.86 bits per heavy atom. The van der Waals surface area contributed by atoms with E-state index in [-0.39, 0.29) is 35.9 Å². The Balaban J connectivity index is 1.32. The van der Waals surface area contributed by atoms with Crippen molar-refractivity contribution in [3.8, 4) is 22.8 Å². The van der Waals surface area contributed by atoms with Crippen LogP contribution in [-0.4, -0.2) is 11.1 Å². The molecule has 1 amide bonds. The second kappa shape index (κ2) is 7.84. The van der Waals surface area contributed by atoms with E-state index >= 15 is 0 Å². The fourth-order valence-corrected chi connectivity index (χ4v) is 2.76. The Morgan fingerprint density at radius 3 is 2.72 bits per heavy atom. The summed E-state index contributed by atoms with van der Waals surface area (Å²) in [6, 6.07) is 8.53. The van der Waals surface area contributed by atoms with Crippen LogP contribution in [-0.2, 0) is 17.8 Å². The van der Waals surface area contributed by atoms with Crippen molar-refractivity contribution >= 4 is 5.91 Å². The van der Waals surface area contributed by atoms with Crippen LogP contribution < -0.4 is 20.6 Å². The highest BCUT2D eigenvalue weighted by Crippen LogP contribution is 2.31. The number of carbonyl (C=O) groups is 1. The van der Waals surface area contributed by atoms with E-state index in [1.807, 2.05) is 6.07 Å². The Hall–Kier alpha value is -3.53. The van der Waals surface area contributed by atoms with Crippen molar-refractivity contribution in [2.45, 2.75) is 19.4 Å². The summed E-state index contributed by atoms with van der Waals surface area (Å²) in [5.74, 6) is -3.11. The molecule has 4 rings (SSSR count). The highest BCUT2D eigenvalue weighted by atomic mass is 19.2. The molecule has 0 unspecified atom stereocenters. The van der Waals surface area contributed by atoms with Gasteiger partial charge in [-0.2, -0.15) is 0 Å². The molecular formula is C19H14F3N3O4. The molecule has 0 saturated heterocycles. The van der Waals surface area contributed by atoms with E-state index in [2.05, 4.69) is 16.1 Å². The number of benzene rings is 2. The van der Waals surface area contributed by atoms with E-state index < -0.39 is 17.5 Å². The van der Waals surface area contributed by atoms with Crippen LogP contribution in [0.5, 0.6) is 11.5 Å². The van der Waals surface area contributed by atoms with Gasteiger partial charge < -0.3 is 19.5 Å². The van der Waals surface area contributed by atoms with Crippen molar-refractivity contribution in [3.05, 3.63) is 65.2 Å². The topological polar surface area (TPSA) is 85.6 Å². The van der Waals surface area contributed by atoms with Crippen LogP contribution in [0.1, 0.15) is 17.7 Å². The van der Waals surface area contributed by atoms with Crippen molar-refractivity contribution in [2.75, 3.05) is 0 Å². The minimum absolute atomic E-state index is 0.000353. The third-order valence-electron chi connectivity index (χ3n) is 4.28. The molecule has 0 spiro atoms. The highest BCUT2D eigenvalue weighted by Gasteiger charge is 2.18. The molecule has 1 aromatic heterocycles. The molecular weight excluding hydrogens is 391 g/mol. The molecule has 0 aliphatic carbocycles. The second-order valence-electron chi connectivity index (χ2n) is 6.25. The van der Waals surface area contributed by atoms with Crippen LogP contribution in [0.25, 0.3) is 11.3 Å². The normalized spacial score (nSPS) is 12.2. The number of carbonyl (C=O) groups excluding carboxylic acids is 1. The first kappa shape index (κ1) is 18.8. The largest absolute Gasteiger partial charge is 0.370 e. The molecule has 0 radical (unpaired) electrons. The van der Waals surface area contributed by atoms with E-state index in [4.69, 9.17) is 14.2 Å². The molecule has 0 fully saturated rings. The number of halogens is 3. The summed E-state index contributed by atoms with van der Waals surface area (Å²) in [6.07, 6.45) is 0.691. The van der Waals surface area contributed by atoms with Gasteiger partial charge in [0.1, 0.15) is 5.69 Å². The van der Waals surface area contributed by atoms with Gasteiger partial charge >= 0.3 is 0 Å². The van der Waals surface area contributed by atoms with E-state index in [1.165, 1.54) is 6.07 Å². The van der Waals surface area contributed by atoms with Gasteiger partial charge in [0.15, 0.2) is 34.7 Å². The number of aromatic nitrogens is 1. The van der Waals surface area contributed by atoms with Crippen LogP contribution in [0.4, 0.5) is 13.2 Å². The Morgan fingerprint density at radius 1 is 1.03 bits per heavy atom. The lowest BCUT2D eigenvalue weighted by atomic mass is 10.1. The third kappa shape index (κ3) is 4.02. The lowest BCUT2D eigenvalue weighted by molar-refractivity contribution is -0.121. The molecule has 29 heavy (non-hydrogen) atoms. The average Bonchev–Trinajstić information content (AvgIpc) is 3.38. The summed E-state index contributed by atoms with van der Waals surface area (Å²) in [6.45, 7) is 0.0161. The first-order valence-electron chi connectivity index (χ1n) is 8.59. The van der Waals surface area contributed by atoms with Gasteiger partial charge in [-0.1, -0.05) is 11.2 Å². The van der Waals surface area contributed by atoms with Crippen molar-refractivity contribution in [1.82, 2.24) is 16.1 Å². The number of rotatable bonds is 6. The molecule has 150 valence electrons. The lowest BCUT2D eigenvalue weighted by Crippen LogP contribution is -2.22. The summed E-state index contributed by atoms with van der Waals surface area (Å²) in [5.41, 5.74) is 2.94. The van der Waals surface area contributed by atoms with Gasteiger partial charge in [-0.05, 0) is 36.2 Å². The van der Waals surface area contributed by atoms with Crippen LogP contribution in [0.15, 0.2) is 40.9 Å². The molecule has 0 saturated carbocycles. The molecule has 1 aliphatic rings. The Kier molecular flexibility index (Phi) is 5.09. The van der Waals surface area contributed by atoms with Crippen molar-refractivity contribution in [1.29, 1.82) is 0 Å². The molecule has 2 aromatic carbocycles. The van der Waals surface area contributed by atoms with Crippen LogP contribution in [0.3, 0.4) is 0 Å². The molecule has 0 bridgehead atoms. The van der Waals surface area contributed by atoms with E-state index in [9.17, 15) is 18.0 Å². The monoisotopic (exact) mass is 405 g/mol. The van der Waals surface area contributed by atoms with Crippen molar-refractivity contribution < 1.29 is 32.2 Å². The molecule has 2 heterocycles. The van der Waals surface area contributed by atoms with E-state index in [0.717, 1.165) is 17.7 Å². The van der Waals surface area contributed by atoms with Crippen molar-refractivity contribution in [2.24, 2.45) is 0 Å². The summed E-state index contributed by atoms with van der Waals surface area (Å²) in [4.78, 5) is 22.1. The van der Waals surface area contributed by atoms with Gasteiger partial charge in [0.25, 0.3) is 0 Å². The first-order chi connectivity index (χ1) is 14.0. The number of nitrogens with one attached hydrogen (secondary N) is 2. The predicted octanol–water partition coefficient (Wildman–Crippen LogP) is 3.20. The maximum absolute atomic E-state index is 13.8. The lowest BCUT2D eigenvalue weighted by Gasteiger charge is -2.04. The average molecular weight is 405 g/mol. The highest BCUT2D eigenvalue weighted by molar-refractivity contribution is 5.76. The smallest absolute Gasteiger partial charge is 0.220 e. The minimum Gasteiger partial charge on any atom is -0.370 e. The van der Waals surface area contributed by atoms with Crippen molar-refractivity contribution in [3.63, 3.8) is 0 Å². The Labute approximate surface area is 162 Å². The molecule has 1 aliphatic heterocycles. The van der Waals surface area contributed by atoms with Gasteiger partial charge in [-0.25, -0.2) is 13.2 Å². The first-order valence-corrected chi connectivity index (χ1v) is 8.59. The van der Waals surface area contributed by atoms with Crippen LogP contribution in [0.2, 0.25) is 0 Å². The zero-order chi connectivity index (χ0) is 20.4. The molecule has 3 aromatic rings.